The van der Waals surface area contributed by atoms with Crippen molar-refractivity contribution in [1.82, 2.24) is 20.6 Å². The number of rotatable bonds is 10. The van der Waals surface area contributed by atoms with Crippen molar-refractivity contribution < 1.29 is 24.2 Å². The van der Waals surface area contributed by atoms with E-state index in [1.165, 1.54) is 30.4 Å². The fraction of sp³-hybridized carbons (Fsp3) is 0.273. The van der Waals surface area contributed by atoms with Crippen LogP contribution in [0.5, 0.6) is 0 Å². The molecule has 0 saturated carbocycles. The molecule has 0 aliphatic rings. The molecule has 0 unspecified atom stereocenters. The number of hydrogen-bond acceptors (Lipinski definition) is 7. The average molecular weight is 603 g/mol. The normalized spacial score (nSPS) is 13.2. The van der Waals surface area contributed by atoms with Crippen molar-refractivity contribution in [3.05, 3.63) is 105 Å². The number of aliphatic hydroxyl groups is 2. The smallest absolute Gasteiger partial charge is 0.262 e. The molecule has 2 atom stereocenters. The highest BCUT2D eigenvalue weighted by molar-refractivity contribution is 7.14. The number of nitrogens with one attached hydrogen (secondary N) is 2. The molecule has 0 radical (unpaired) electrons. The third kappa shape index (κ3) is 8.87. The van der Waals surface area contributed by atoms with Gasteiger partial charge in [0, 0.05) is 34.8 Å². The minimum atomic E-state index is -1.74. The van der Waals surface area contributed by atoms with Crippen LogP contribution in [0, 0.1) is 5.82 Å². The summed E-state index contributed by atoms with van der Waals surface area (Å²) < 4.78 is 13.4. The molecule has 0 bridgehead atoms. The van der Waals surface area contributed by atoms with Crippen molar-refractivity contribution >= 4 is 35.3 Å². The maximum Gasteiger partial charge on any atom is 0.262 e. The lowest BCUT2D eigenvalue weighted by Crippen LogP contribution is -2.52. The Morgan fingerprint density at radius 3 is 2.23 bits per heavy atom. The number of halogens is 1. The number of amides is 2. The molecule has 2 amide bonds. The SMILES string of the molecule is C[C@@H](NC(=O)[C@H](Cc1ccc(-c2ncc(/C=C/c3cccc(F)c3)cn2)cc1)NC(=O)c1ccc(C(C)(C)C)s1)C(O)O. The molecule has 0 fully saturated rings. The monoisotopic (exact) mass is 602 g/mol. The standard InChI is InChI=1S/C33H35FN4O4S/c1-20(32(41)42)37-30(39)26(38-31(40)27-14-15-28(43-27)33(2,3)4)17-22-10-12-24(13-11-22)29-35-18-23(19-36-29)9-8-21-6-5-7-25(34)16-21/h5-16,18-20,26,32,41-42H,17H2,1-4H3,(H,37,39)(H,38,40)/b9-8+/t20-,26+/m1/s1. The first kappa shape index (κ1) is 31.7. The van der Waals surface area contributed by atoms with E-state index < -0.39 is 24.3 Å². The molecule has 0 spiro atoms. The van der Waals surface area contributed by atoms with Crippen molar-refractivity contribution in [2.45, 2.75) is 57.9 Å². The first-order chi connectivity index (χ1) is 20.4. The largest absolute Gasteiger partial charge is 0.366 e. The van der Waals surface area contributed by atoms with Gasteiger partial charge in [-0.3, -0.25) is 9.59 Å². The van der Waals surface area contributed by atoms with Gasteiger partial charge in [0.2, 0.25) is 5.91 Å². The van der Waals surface area contributed by atoms with Gasteiger partial charge in [-0.15, -0.1) is 11.3 Å². The maximum absolute atomic E-state index is 13.4. The topological polar surface area (TPSA) is 124 Å². The molecule has 0 aliphatic heterocycles. The van der Waals surface area contributed by atoms with E-state index in [9.17, 15) is 24.2 Å². The number of carbonyl (C=O) groups is 2. The summed E-state index contributed by atoms with van der Waals surface area (Å²) in [5, 5.41) is 24.3. The highest BCUT2D eigenvalue weighted by Crippen LogP contribution is 2.29. The zero-order valence-corrected chi connectivity index (χ0v) is 25.2. The number of aromatic nitrogens is 2. The summed E-state index contributed by atoms with van der Waals surface area (Å²) >= 11 is 1.37. The first-order valence-electron chi connectivity index (χ1n) is 13.8. The second kappa shape index (κ2) is 13.8. The molecule has 0 saturated heterocycles. The molecule has 224 valence electrons. The van der Waals surface area contributed by atoms with E-state index in [0.717, 1.165) is 27.1 Å². The summed E-state index contributed by atoms with van der Waals surface area (Å²) in [4.78, 5) is 36.6. The van der Waals surface area contributed by atoms with Crippen LogP contribution in [-0.2, 0) is 16.6 Å². The van der Waals surface area contributed by atoms with E-state index in [1.54, 1.807) is 42.7 Å². The number of benzene rings is 2. The van der Waals surface area contributed by atoms with Crippen LogP contribution < -0.4 is 10.6 Å². The molecular formula is C33H35FN4O4S. The van der Waals surface area contributed by atoms with Gasteiger partial charge in [-0.1, -0.05) is 69.3 Å². The number of aliphatic hydroxyl groups excluding tert-OH is 1. The lowest BCUT2D eigenvalue weighted by atomic mass is 9.95. The predicted octanol–water partition coefficient (Wildman–Crippen LogP) is 4.97. The molecule has 4 rings (SSSR count). The van der Waals surface area contributed by atoms with E-state index in [1.807, 2.05) is 30.3 Å². The Morgan fingerprint density at radius 2 is 1.63 bits per heavy atom. The summed E-state index contributed by atoms with van der Waals surface area (Å²) in [6.45, 7) is 7.66. The molecule has 43 heavy (non-hydrogen) atoms. The van der Waals surface area contributed by atoms with E-state index in [-0.39, 0.29) is 23.6 Å². The number of thiophene rings is 1. The van der Waals surface area contributed by atoms with Crippen LogP contribution in [0.3, 0.4) is 0 Å². The summed E-state index contributed by atoms with van der Waals surface area (Å²) in [5.74, 6) is -0.706. The summed E-state index contributed by atoms with van der Waals surface area (Å²) in [6.07, 6.45) is 5.37. The van der Waals surface area contributed by atoms with Gasteiger partial charge in [0.25, 0.3) is 5.91 Å². The Hall–Kier alpha value is -4.25. The van der Waals surface area contributed by atoms with Gasteiger partial charge in [0.1, 0.15) is 11.9 Å². The van der Waals surface area contributed by atoms with Crippen LogP contribution in [0.15, 0.2) is 73.1 Å². The van der Waals surface area contributed by atoms with Crippen LogP contribution >= 0.6 is 11.3 Å². The van der Waals surface area contributed by atoms with Gasteiger partial charge in [-0.25, -0.2) is 14.4 Å². The molecule has 2 aromatic heterocycles. The summed E-state index contributed by atoms with van der Waals surface area (Å²) in [6, 6.07) is 15.4. The Bertz CT molecular complexity index is 1580. The minimum absolute atomic E-state index is 0.113. The third-order valence-electron chi connectivity index (χ3n) is 6.65. The van der Waals surface area contributed by atoms with Crippen LogP contribution in [-0.4, -0.2) is 50.4 Å². The van der Waals surface area contributed by atoms with Gasteiger partial charge in [0.05, 0.1) is 10.9 Å². The van der Waals surface area contributed by atoms with E-state index in [4.69, 9.17) is 0 Å². The molecular weight excluding hydrogens is 567 g/mol. The molecule has 2 heterocycles. The van der Waals surface area contributed by atoms with E-state index in [0.29, 0.717) is 10.7 Å². The molecule has 8 nitrogen and oxygen atoms in total. The van der Waals surface area contributed by atoms with Crippen LogP contribution in [0.4, 0.5) is 4.39 Å². The fourth-order valence-electron chi connectivity index (χ4n) is 4.10. The Morgan fingerprint density at radius 1 is 0.953 bits per heavy atom. The maximum atomic E-state index is 13.4. The van der Waals surface area contributed by atoms with Crippen LogP contribution in [0.25, 0.3) is 23.5 Å². The number of nitrogens with zero attached hydrogens (tertiary/aromatic N) is 2. The molecule has 0 aliphatic carbocycles. The van der Waals surface area contributed by atoms with Crippen LogP contribution in [0.1, 0.15) is 58.9 Å². The Labute approximate surface area is 254 Å². The van der Waals surface area contributed by atoms with Crippen molar-refractivity contribution in [3.8, 4) is 11.4 Å². The molecule has 2 aromatic carbocycles. The van der Waals surface area contributed by atoms with E-state index in [2.05, 4.69) is 41.4 Å². The zero-order chi connectivity index (χ0) is 31.1. The zero-order valence-electron chi connectivity index (χ0n) is 24.4. The van der Waals surface area contributed by atoms with Crippen molar-refractivity contribution in [2.75, 3.05) is 0 Å². The summed E-state index contributed by atoms with van der Waals surface area (Å²) in [5.41, 5.74) is 2.92. The molecule has 10 heteroatoms. The quantitative estimate of drug-likeness (QED) is 0.190. The van der Waals surface area contributed by atoms with E-state index >= 15 is 0 Å². The second-order valence-electron chi connectivity index (χ2n) is 11.3. The van der Waals surface area contributed by atoms with Gasteiger partial charge >= 0.3 is 0 Å². The summed E-state index contributed by atoms with van der Waals surface area (Å²) in [7, 11) is 0. The van der Waals surface area contributed by atoms with Crippen LogP contribution in [0.2, 0.25) is 0 Å². The average Bonchev–Trinajstić information content (AvgIpc) is 3.48. The van der Waals surface area contributed by atoms with Crippen molar-refractivity contribution in [2.24, 2.45) is 0 Å². The number of hydrogen-bond donors (Lipinski definition) is 4. The lowest BCUT2D eigenvalue weighted by molar-refractivity contribution is -0.128. The van der Waals surface area contributed by atoms with Crippen molar-refractivity contribution in [1.29, 1.82) is 0 Å². The van der Waals surface area contributed by atoms with Gasteiger partial charge in [-0.2, -0.15) is 0 Å². The van der Waals surface area contributed by atoms with Gasteiger partial charge in [-0.05, 0) is 47.7 Å². The second-order valence-corrected chi connectivity index (χ2v) is 12.4. The predicted molar refractivity (Wildman–Crippen MR) is 167 cm³/mol. The minimum Gasteiger partial charge on any atom is -0.366 e. The van der Waals surface area contributed by atoms with Crippen molar-refractivity contribution in [3.63, 3.8) is 0 Å². The molecule has 4 aromatic rings. The third-order valence-corrected chi connectivity index (χ3v) is 8.16. The van der Waals surface area contributed by atoms with Gasteiger partial charge in [0.15, 0.2) is 12.1 Å². The molecule has 4 N–H and O–H groups in total. The lowest BCUT2D eigenvalue weighted by Gasteiger charge is -2.22. The fourth-order valence-corrected chi connectivity index (χ4v) is 5.07. The highest BCUT2D eigenvalue weighted by Gasteiger charge is 2.26. The van der Waals surface area contributed by atoms with Gasteiger partial charge < -0.3 is 20.8 Å². The number of carbonyl (C=O) groups excluding carboxylic acids is 2. The Balaban J connectivity index is 1.46. The Kier molecular flexibility index (Phi) is 10.2. The highest BCUT2D eigenvalue weighted by atomic mass is 32.1. The first-order valence-corrected chi connectivity index (χ1v) is 14.6.